The molecule has 1 atom stereocenters. The van der Waals surface area contributed by atoms with Crippen molar-refractivity contribution in [3.63, 3.8) is 0 Å². The minimum Gasteiger partial charge on any atom is -0.484 e. The van der Waals surface area contributed by atoms with Gasteiger partial charge >= 0.3 is 0 Å². The molecule has 172 valence electrons. The number of piperazine rings is 1. The standard InChI is InChI=1S/C22H29FN6O3/c1-3-25-17(12-19(24)28-6-8-29(9-7-28)20(31)13-30)21-14-10-18(32-22(2)4-5-22)15(23)11-16(14)26-27-21/h3,10-12,21,24-27,30H,1,4-9,13H2,2H3/t21-/m1/s1. The van der Waals surface area contributed by atoms with Crippen LogP contribution >= 0.6 is 0 Å². The number of carbonyl (C=O) groups excluding carboxylic acids is 1. The van der Waals surface area contributed by atoms with Crippen molar-refractivity contribution in [1.29, 1.82) is 5.41 Å². The SMILES string of the molecule is C=CNC(=CC(=N)N1CCN(C(=O)CO)CC1)[C@@H]1NNc2cc(F)c(OC3(C)CC3)cc21. The second-order valence-corrected chi connectivity index (χ2v) is 8.48. The molecule has 9 nitrogen and oxygen atoms in total. The van der Waals surface area contributed by atoms with E-state index in [0.29, 0.717) is 37.6 Å². The van der Waals surface area contributed by atoms with Crippen molar-refractivity contribution in [3.05, 3.63) is 48.1 Å². The summed E-state index contributed by atoms with van der Waals surface area (Å²) in [4.78, 5) is 15.1. The number of amidine groups is 1. The van der Waals surface area contributed by atoms with Gasteiger partial charge in [-0.15, -0.1) is 0 Å². The van der Waals surface area contributed by atoms with E-state index in [2.05, 4.69) is 22.7 Å². The quantitative estimate of drug-likeness (QED) is 0.320. The Labute approximate surface area is 186 Å². The maximum atomic E-state index is 14.5. The third kappa shape index (κ3) is 4.56. The Morgan fingerprint density at radius 3 is 2.69 bits per heavy atom. The van der Waals surface area contributed by atoms with Gasteiger partial charge in [-0.3, -0.25) is 10.2 Å². The van der Waals surface area contributed by atoms with Gasteiger partial charge in [-0.1, -0.05) is 6.58 Å². The first-order valence-electron chi connectivity index (χ1n) is 10.7. The highest BCUT2D eigenvalue weighted by molar-refractivity contribution is 5.91. The van der Waals surface area contributed by atoms with E-state index in [1.165, 1.54) is 12.3 Å². The van der Waals surface area contributed by atoms with Crippen molar-refractivity contribution in [2.45, 2.75) is 31.4 Å². The van der Waals surface area contributed by atoms with Crippen LogP contribution in [-0.4, -0.2) is 65.0 Å². The number of carbonyl (C=O) groups is 1. The second kappa shape index (κ2) is 8.79. The van der Waals surface area contributed by atoms with Crippen LogP contribution in [-0.2, 0) is 4.79 Å². The molecular formula is C22H29FN6O3. The monoisotopic (exact) mass is 444 g/mol. The first-order valence-corrected chi connectivity index (χ1v) is 10.7. The number of rotatable bonds is 7. The van der Waals surface area contributed by atoms with Gasteiger partial charge in [0, 0.05) is 49.6 Å². The minimum atomic E-state index is -0.504. The van der Waals surface area contributed by atoms with Gasteiger partial charge in [-0.05, 0) is 32.0 Å². The predicted octanol–water partition coefficient (Wildman–Crippen LogP) is 1.46. The van der Waals surface area contributed by atoms with Gasteiger partial charge < -0.3 is 30.4 Å². The number of amides is 1. The average Bonchev–Trinajstić information content (AvgIpc) is 3.38. The first kappa shape index (κ1) is 22.1. The Hall–Kier alpha value is -3.11. The van der Waals surface area contributed by atoms with E-state index >= 15 is 0 Å². The molecule has 0 radical (unpaired) electrons. The van der Waals surface area contributed by atoms with Crippen LogP contribution in [0.1, 0.15) is 31.4 Å². The topological polar surface area (TPSA) is 113 Å². The maximum Gasteiger partial charge on any atom is 0.248 e. The number of ether oxygens (including phenoxy) is 1. The summed E-state index contributed by atoms with van der Waals surface area (Å²) in [6, 6.07) is 2.75. The Balaban J connectivity index is 1.52. The third-order valence-corrected chi connectivity index (χ3v) is 6.06. The van der Waals surface area contributed by atoms with Crippen LogP contribution in [0.5, 0.6) is 5.75 Å². The second-order valence-electron chi connectivity index (χ2n) is 8.48. The molecule has 1 aliphatic carbocycles. The number of fused-ring (bicyclic) bond motifs is 1. The number of benzene rings is 1. The number of hydrogen-bond donors (Lipinski definition) is 5. The summed E-state index contributed by atoms with van der Waals surface area (Å²) in [6.45, 7) is 7.09. The van der Waals surface area contributed by atoms with E-state index in [9.17, 15) is 9.18 Å². The van der Waals surface area contributed by atoms with Gasteiger partial charge in [0.25, 0.3) is 0 Å². The first-order chi connectivity index (χ1) is 15.3. The van der Waals surface area contributed by atoms with Crippen molar-refractivity contribution >= 4 is 17.4 Å². The van der Waals surface area contributed by atoms with Crippen molar-refractivity contribution in [1.82, 2.24) is 20.5 Å². The lowest BCUT2D eigenvalue weighted by atomic mass is 10.0. The van der Waals surface area contributed by atoms with Crippen LogP contribution in [0.3, 0.4) is 0 Å². The van der Waals surface area contributed by atoms with Gasteiger partial charge in [-0.2, -0.15) is 0 Å². The number of anilines is 1. The molecule has 2 fully saturated rings. The number of hydrazine groups is 1. The zero-order valence-corrected chi connectivity index (χ0v) is 18.1. The van der Waals surface area contributed by atoms with Crippen molar-refractivity contribution < 1.29 is 19.0 Å². The van der Waals surface area contributed by atoms with Crippen LogP contribution < -0.4 is 20.9 Å². The zero-order chi connectivity index (χ0) is 22.9. The van der Waals surface area contributed by atoms with Crippen LogP contribution in [0.2, 0.25) is 0 Å². The largest absolute Gasteiger partial charge is 0.484 e. The number of nitrogens with zero attached hydrogens (tertiary/aromatic N) is 2. The van der Waals surface area contributed by atoms with E-state index in [1.54, 1.807) is 17.0 Å². The molecule has 0 spiro atoms. The van der Waals surface area contributed by atoms with Crippen molar-refractivity contribution in [2.24, 2.45) is 0 Å². The fourth-order valence-corrected chi connectivity index (χ4v) is 3.87. The summed E-state index contributed by atoms with van der Waals surface area (Å²) in [5, 5.41) is 20.7. The number of aliphatic hydroxyl groups excluding tert-OH is 1. The van der Waals surface area contributed by atoms with E-state index in [-0.39, 0.29) is 29.1 Å². The third-order valence-electron chi connectivity index (χ3n) is 6.06. The summed E-state index contributed by atoms with van der Waals surface area (Å²) < 4.78 is 20.4. The van der Waals surface area contributed by atoms with E-state index < -0.39 is 12.4 Å². The Morgan fingerprint density at radius 2 is 2.06 bits per heavy atom. The highest BCUT2D eigenvalue weighted by atomic mass is 19.1. The summed E-state index contributed by atoms with van der Waals surface area (Å²) in [5.41, 5.74) is 7.91. The molecule has 0 bridgehead atoms. The summed E-state index contributed by atoms with van der Waals surface area (Å²) in [6.07, 6.45) is 5.04. The van der Waals surface area contributed by atoms with E-state index in [4.69, 9.17) is 15.3 Å². The van der Waals surface area contributed by atoms with Gasteiger partial charge in [0.15, 0.2) is 11.6 Å². The lowest BCUT2D eigenvalue weighted by molar-refractivity contribution is -0.135. The Morgan fingerprint density at radius 1 is 1.38 bits per heavy atom. The van der Waals surface area contributed by atoms with Crippen LogP contribution in [0.15, 0.2) is 36.7 Å². The normalized spacial score (nSPS) is 21.5. The predicted molar refractivity (Wildman–Crippen MR) is 119 cm³/mol. The van der Waals surface area contributed by atoms with E-state index in [1.807, 2.05) is 11.8 Å². The fourth-order valence-electron chi connectivity index (χ4n) is 3.87. The number of aliphatic hydroxyl groups is 1. The highest BCUT2D eigenvalue weighted by Gasteiger charge is 2.41. The molecule has 1 amide bonds. The summed E-state index contributed by atoms with van der Waals surface area (Å²) in [7, 11) is 0. The molecular weight excluding hydrogens is 415 g/mol. The van der Waals surface area contributed by atoms with Crippen LogP contribution in [0.25, 0.3) is 0 Å². The molecule has 2 heterocycles. The zero-order valence-electron chi connectivity index (χ0n) is 18.1. The van der Waals surface area contributed by atoms with Gasteiger partial charge in [0.05, 0.1) is 11.7 Å². The molecule has 0 unspecified atom stereocenters. The number of nitrogens with one attached hydrogen (secondary N) is 4. The smallest absolute Gasteiger partial charge is 0.248 e. The molecule has 5 N–H and O–H groups in total. The summed E-state index contributed by atoms with van der Waals surface area (Å²) in [5.74, 6) is -0.220. The Bertz CT molecular complexity index is 953. The highest BCUT2D eigenvalue weighted by Crippen LogP contribution is 2.43. The molecule has 1 saturated heterocycles. The maximum absolute atomic E-state index is 14.5. The van der Waals surface area contributed by atoms with Gasteiger partial charge in [-0.25, -0.2) is 9.82 Å². The van der Waals surface area contributed by atoms with Gasteiger partial charge in [0.1, 0.15) is 18.0 Å². The molecule has 1 aromatic rings. The van der Waals surface area contributed by atoms with Crippen LogP contribution in [0.4, 0.5) is 10.1 Å². The number of hydrogen-bond acceptors (Lipinski definition) is 7. The minimum absolute atomic E-state index is 0.219. The van der Waals surface area contributed by atoms with Crippen molar-refractivity contribution in [2.75, 3.05) is 38.2 Å². The van der Waals surface area contributed by atoms with Gasteiger partial charge in [0.2, 0.25) is 5.91 Å². The molecule has 32 heavy (non-hydrogen) atoms. The molecule has 4 rings (SSSR count). The Kier molecular flexibility index (Phi) is 6.07. The average molecular weight is 445 g/mol. The molecule has 10 heteroatoms. The molecule has 2 aliphatic heterocycles. The lowest BCUT2D eigenvalue weighted by Gasteiger charge is -2.35. The molecule has 3 aliphatic rings. The fraction of sp³-hybridized carbons (Fsp3) is 0.455. The summed E-state index contributed by atoms with van der Waals surface area (Å²) >= 11 is 0. The van der Waals surface area contributed by atoms with E-state index in [0.717, 1.165) is 18.4 Å². The lowest BCUT2D eigenvalue weighted by Crippen LogP contribution is -2.51. The van der Waals surface area contributed by atoms with Crippen LogP contribution in [0, 0.1) is 11.2 Å². The van der Waals surface area contributed by atoms with Crippen molar-refractivity contribution in [3.8, 4) is 5.75 Å². The molecule has 0 aromatic heterocycles. The molecule has 1 aromatic carbocycles. The molecule has 1 saturated carbocycles. The number of halogens is 1.